The molecule has 6 heteroatoms. The van der Waals surface area contributed by atoms with Crippen LogP contribution in [-0.4, -0.2) is 40.8 Å². The molecular formula is C12H19N3O3. The first kappa shape index (κ1) is 14.4. The lowest BCUT2D eigenvalue weighted by Gasteiger charge is -2.07. The van der Waals surface area contributed by atoms with Crippen LogP contribution in [0, 0.1) is 6.92 Å². The fraction of sp³-hybridized carbons (Fsp3) is 0.583. The Labute approximate surface area is 106 Å². The molecule has 0 unspecified atom stereocenters. The van der Waals surface area contributed by atoms with Gasteiger partial charge in [0, 0.05) is 19.3 Å². The summed E-state index contributed by atoms with van der Waals surface area (Å²) in [7, 11) is 0. The van der Waals surface area contributed by atoms with Crippen LogP contribution < -0.4 is 5.32 Å². The SMILES string of the molecule is CCOC(=O)c1cnc(NCCCCO)nc1C. The number of nitrogens with zero attached hydrogens (tertiary/aromatic N) is 2. The van der Waals surface area contributed by atoms with Crippen LogP contribution in [0.1, 0.15) is 35.8 Å². The lowest BCUT2D eigenvalue weighted by molar-refractivity contribution is 0.0524. The largest absolute Gasteiger partial charge is 0.462 e. The summed E-state index contributed by atoms with van der Waals surface area (Å²) < 4.78 is 4.89. The van der Waals surface area contributed by atoms with E-state index in [0.717, 1.165) is 12.8 Å². The number of carbonyl (C=O) groups excluding carboxylic acids is 1. The number of rotatable bonds is 7. The number of esters is 1. The summed E-state index contributed by atoms with van der Waals surface area (Å²) in [6.45, 7) is 4.71. The summed E-state index contributed by atoms with van der Waals surface area (Å²) in [5, 5.41) is 11.7. The Bertz CT molecular complexity index is 396. The van der Waals surface area contributed by atoms with E-state index in [-0.39, 0.29) is 6.61 Å². The van der Waals surface area contributed by atoms with Crippen molar-refractivity contribution in [2.75, 3.05) is 25.1 Å². The average molecular weight is 253 g/mol. The first-order valence-electron chi connectivity index (χ1n) is 6.04. The van der Waals surface area contributed by atoms with Crippen LogP contribution in [0.4, 0.5) is 5.95 Å². The van der Waals surface area contributed by atoms with Gasteiger partial charge in [0.1, 0.15) is 0 Å². The van der Waals surface area contributed by atoms with E-state index in [9.17, 15) is 4.79 Å². The molecule has 1 aromatic rings. The molecule has 0 atom stereocenters. The molecule has 1 heterocycles. The highest BCUT2D eigenvalue weighted by Crippen LogP contribution is 2.08. The Kier molecular flexibility index (Phi) is 6.07. The van der Waals surface area contributed by atoms with E-state index in [4.69, 9.17) is 9.84 Å². The number of carbonyl (C=O) groups is 1. The zero-order chi connectivity index (χ0) is 13.4. The summed E-state index contributed by atoms with van der Waals surface area (Å²) in [5.41, 5.74) is 0.978. The normalized spacial score (nSPS) is 10.2. The van der Waals surface area contributed by atoms with Crippen molar-refractivity contribution < 1.29 is 14.6 Å². The quantitative estimate of drug-likeness (QED) is 0.560. The molecule has 0 spiro atoms. The summed E-state index contributed by atoms with van der Waals surface area (Å²) in [4.78, 5) is 19.8. The van der Waals surface area contributed by atoms with Crippen LogP contribution in [0.5, 0.6) is 0 Å². The number of aliphatic hydroxyl groups is 1. The second kappa shape index (κ2) is 7.60. The second-order valence-electron chi connectivity index (χ2n) is 3.77. The van der Waals surface area contributed by atoms with Crippen LogP contribution >= 0.6 is 0 Å². The Morgan fingerprint density at radius 3 is 2.89 bits per heavy atom. The lowest BCUT2D eigenvalue weighted by atomic mass is 10.2. The first-order chi connectivity index (χ1) is 8.69. The van der Waals surface area contributed by atoms with Gasteiger partial charge in [-0.15, -0.1) is 0 Å². The zero-order valence-corrected chi connectivity index (χ0v) is 10.8. The van der Waals surface area contributed by atoms with Crippen molar-refractivity contribution in [3.63, 3.8) is 0 Å². The maximum atomic E-state index is 11.5. The number of hydrogen-bond donors (Lipinski definition) is 2. The fourth-order valence-electron chi connectivity index (χ4n) is 1.40. The van der Waals surface area contributed by atoms with Gasteiger partial charge in [-0.2, -0.15) is 0 Å². The molecular weight excluding hydrogens is 234 g/mol. The molecule has 0 saturated carbocycles. The van der Waals surface area contributed by atoms with Gasteiger partial charge < -0.3 is 15.2 Å². The Balaban J connectivity index is 2.59. The van der Waals surface area contributed by atoms with Crippen molar-refractivity contribution in [3.05, 3.63) is 17.5 Å². The standard InChI is InChI=1S/C12H19N3O3/c1-3-18-11(17)10-8-14-12(15-9(10)2)13-6-4-5-7-16/h8,16H,3-7H2,1-2H3,(H,13,14,15). The number of ether oxygens (including phenoxy) is 1. The van der Waals surface area contributed by atoms with Crippen LogP contribution in [0.15, 0.2) is 6.20 Å². The van der Waals surface area contributed by atoms with Gasteiger partial charge >= 0.3 is 5.97 Å². The van der Waals surface area contributed by atoms with Gasteiger partial charge in [0.2, 0.25) is 5.95 Å². The van der Waals surface area contributed by atoms with Crippen LogP contribution in [-0.2, 0) is 4.74 Å². The van der Waals surface area contributed by atoms with Gasteiger partial charge in [-0.3, -0.25) is 0 Å². The molecule has 0 radical (unpaired) electrons. The number of aryl methyl sites for hydroxylation is 1. The first-order valence-corrected chi connectivity index (χ1v) is 6.04. The fourth-order valence-corrected chi connectivity index (χ4v) is 1.40. The highest BCUT2D eigenvalue weighted by atomic mass is 16.5. The summed E-state index contributed by atoms with van der Waals surface area (Å²) in [6.07, 6.45) is 3.06. The maximum absolute atomic E-state index is 11.5. The molecule has 0 aromatic carbocycles. The molecule has 2 N–H and O–H groups in total. The van der Waals surface area contributed by atoms with Gasteiger partial charge in [-0.1, -0.05) is 0 Å². The van der Waals surface area contributed by atoms with Crippen LogP contribution in [0.25, 0.3) is 0 Å². The highest BCUT2D eigenvalue weighted by molar-refractivity contribution is 5.90. The van der Waals surface area contributed by atoms with E-state index in [1.165, 1.54) is 6.20 Å². The molecule has 100 valence electrons. The lowest BCUT2D eigenvalue weighted by Crippen LogP contribution is -2.12. The predicted octanol–water partition coefficient (Wildman–Crippen LogP) is 1.15. The van der Waals surface area contributed by atoms with E-state index < -0.39 is 5.97 Å². The minimum Gasteiger partial charge on any atom is -0.462 e. The monoisotopic (exact) mass is 253 g/mol. The Morgan fingerprint density at radius 2 is 2.28 bits per heavy atom. The van der Waals surface area contributed by atoms with Gasteiger partial charge in [-0.25, -0.2) is 14.8 Å². The van der Waals surface area contributed by atoms with Crippen LogP contribution in [0.2, 0.25) is 0 Å². The Morgan fingerprint density at radius 1 is 1.50 bits per heavy atom. The molecule has 0 aliphatic carbocycles. The van der Waals surface area contributed by atoms with Gasteiger partial charge in [0.05, 0.1) is 17.9 Å². The molecule has 0 saturated heterocycles. The van der Waals surface area contributed by atoms with E-state index in [0.29, 0.717) is 30.4 Å². The molecule has 6 nitrogen and oxygen atoms in total. The van der Waals surface area contributed by atoms with Gasteiger partial charge in [0.15, 0.2) is 0 Å². The average Bonchev–Trinajstić information content (AvgIpc) is 2.35. The molecule has 1 aromatic heterocycles. The van der Waals surface area contributed by atoms with Gasteiger partial charge in [0.25, 0.3) is 0 Å². The van der Waals surface area contributed by atoms with E-state index in [2.05, 4.69) is 15.3 Å². The number of unbranched alkanes of at least 4 members (excludes halogenated alkanes) is 1. The van der Waals surface area contributed by atoms with Crippen molar-refractivity contribution in [2.45, 2.75) is 26.7 Å². The van der Waals surface area contributed by atoms with Crippen LogP contribution in [0.3, 0.4) is 0 Å². The third-order valence-corrected chi connectivity index (χ3v) is 2.34. The summed E-state index contributed by atoms with van der Waals surface area (Å²) >= 11 is 0. The third kappa shape index (κ3) is 4.29. The third-order valence-electron chi connectivity index (χ3n) is 2.34. The number of hydrogen-bond acceptors (Lipinski definition) is 6. The summed E-state index contributed by atoms with van der Waals surface area (Å²) in [6, 6.07) is 0. The van der Waals surface area contributed by atoms with Crippen molar-refractivity contribution in [1.29, 1.82) is 0 Å². The molecule has 1 rings (SSSR count). The maximum Gasteiger partial charge on any atom is 0.341 e. The molecule has 0 aliphatic heterocycles. The van der Waals surface area contributed by atoms with Crippen molar-refractivity contribution >= 4 is 11.9 Å². The summed E-state index contributed by atoms with van der Waals surface area (Å²) in [5.74, 6) is 0.0836. The van der Waals surface area contributed by atoms with E-state index >= 15 is 0 Å². The second-order valence-corrected chi connectivity index (χ2v) is 3.77. The molecule has 18 heavy (non-hydrogen) atoms. The smallest absolute Gasteiger partial charge is 0.341 e. The highest BCUT2D eigenvalue weighted by Gasteiger charge is 2.12. The number of aromatic nitrogens is 2. The minimum atomic E-state index is -0.401. The molecule has 0 amide bonds. The van der Waals surface area contributed by atoms with Crippen molar-refractivity contribution in [2.24, 2.45) is 0 Å². The topological polar surface area (TPSA) is 84.3 Å². The van der Waals surface area contributed by atoms with Crippen molar-refractivity contribution in [3.8, 4) is 0 Å². The van der Waals surface area contributed by atoms with E-state index in [1.807, 2.05) is 0 Å². The number of aliphatic hydroxyl groups excluding tert-OH is 1. The van der Waals surface area contributed by atoms with Crippen molar-refractivity contribution in [1.82, 2.24) is 9.97 Å². The molecule has 0 aliphatic rings. The zero-order valence-electron chi connectivity index (χ0n) is 10.8. The number of anilines is 1. The van der Waals surface area contributed by atoms with Gasteiger partial charge in [-0.05, 0) is 26.7 Å². The molecule has 0 fully saturated rings. The minimum absolute atomic E-state index is 0.184. The molecule has 0 bridgehead atoms. The predicted molar refractivity (Wildman–Crippen MR) is 67.5 cm³/mol. The number of nitrogens with one attached hydrogen (secondary N) is 1. The van der Waals surface area contributed by atoms with E-state index in [1.54, 1.807) is 13.8 Å². The Hall–Kier alpha value is -1.69.